The van der Waals surface area contributed by atoms with Gasteiger partial charge in [0.05, 0.1) is 0 Å². The molecular weight excluding hydrogens is 191 g/mol. The minimum absolute atomic E-state index is 0.529. The molecule has 0 aliphatic heterocycles. The van der Waals surface area contributed by atoms with Crippen LogP contribution in [0, 0.1) is 6.92 Å². The maximum atomic E-state index is 2.25. The van der Waals surface area contributed by atoms with E-state index in [-0.39, 0.29) is 0 Å². The molecule has 0 nitrogen and oxygen atoms in total. The van der Waals surface area contributed by atoms with Crippen molar-refractivity contribution in [1.82, 2.24) is 0 Å². The van der Waals surface area contributed by atoms with Crippen LogP contribution < -0.4 is 10.9 Å². The Kier molecular flexibility index (Phi) is 3.45. The molecule has 0 saturated heterocycles. The van der Waals surface area contributed by atoms with Gasteiger partial charge in [-0.25, -0.2) is 0 Å². The normalized spacial score (nSPS) is 10.1. The summed E-state index contributed by atoms with van der Waals surface area (Å²) >= 11 is 0. The second-order valence-corrected chi connectivity index (χ2v) is 4.28. The third-order valence-electron chi connectivity index (χ3n) is 3.09. The van der Waals surface area contributed by atoms with Crippen LogP contribution >= 0.6 is 0 Å². The van der Waals surface area contributed by atoms with Gasteiger partial charge in [-0.05, 0) is 6.92 Å². The molecule has 0 aliphatic carbocycles. The van der Waals surface area contributed by atoms with Crippen LogP contribution in [0.15, 0.2) is 54.6 Å². The second-order valence-electron chi connectivity index (χ2n) is 4.28. The SMILES string of the molecule is CCB(c1ccccc1)c1ccc(C)cc1. The fraction of sp³-hybridized carbons (Fsp3) is 0.200. The van der Waals surface area contributed by atoms with Gasteiger partial charge in [-0.15, -0.1) is 0 Å². The number of hydrogen-bond donors (Lipinski definition) is 0. The predicted octanol–water partition coefficient (Wildman–Crippen LogP) is 2.62. The summed E-state index contributed by atoms with van der Waals surface area (Å²) in [6.45, 7) is 4.91. The van der Waals surface area contributed by atoms with Gasteiger partial charge in [-0.2, -0.15) is 0 Å². The molecule has 2 aromatic rings. The van der Waals surface area contributed by atoms with Crippen LogP contribution in [0.5, 0.6) is 0 Å². The van der Waals surface area contributed by atoms with Gasteiger partial charge < -0.3 is 0 Å². The van der Waals surface area contributed by atoms with Crippen LogP contribution in [0.1, 0.15) is 12.5 Å². The smallest absolute Gasteiger partial charge is 0.0742 e. The Morgan fingerprint density at radius 1 is 0.812 bits per heavy atom. The van der Waals surface area contributed by atoms with Crippen LogP contribution in [0.25, 0.3) is 0 Å². The number of aryl methyl sites for hydroxylation is 1. The van der Waals surface area contributed by atoms with E-state index < -0.39 is 0 Å². The second kappa shape index (κ2) is 5.02. The standard InChI is InChI=1S/C15H17B/c1-3-16(14-7-5-4-6-8-14)15-11-9-13(2)10-12-15/h4-12H,3H2,1-2H3. The molecule has 0 aromatic heterocycles. The van der Waals surface area contributed by atoms with E-state index in [0.29, 0.717) is 6.71 Å². The summed E-state index contributed by atoms with van der Waals surface area (Å²) in [6.07, 6.45) is 1.15. The van der Waals surface area contributed by atoms with Crippen molar-refractivity contribution in [2.24, 2.45) is 0 Å². The Labute approximate surface area is 98.4 Å². The van der Waals surface area contributed by atoms with Gasteiger partial charge in [-0.1, -0.05) is 84.3 Å². The van der Waals surface area contributed by atoms with Crippen molar-refractivity contribution in [3.63, 3.8) is 0 Å². The van der Waals surface area contributed by atoms with Crippen molar-refractivity contribution in [2.75, 3.05) is 0 Å². The molecule has 0 heterocycles. The highest BCUT2D eigenvalue weighted by Gasteiger charge is 2.15. The summed E-state index contributed by atoms with van der Waals surface area (Å²) in [5.41, 5.74) is 4.15. The topological polar surface area (TPSA) is 0 Å². The Bertz CT molecular complexity index is 431. The largest absolute Gasteiger partial charge is 0.209 e. The van der Waals surface area contributed by atoms with Crippen molar-refractivity contribution in [2.45, 2.75) is 20.2 Å². The zero-order valence-corrected chi connectivity index (χ0v) is 9.98. The minimum Gasteiger partial charge on any atom is -0.0742 e. The van der Waals surface area contributed by atoms with Gasteiger partial charge in [0.25, 0.3) is 0 Å². The molecule has 0 aliphatic rings. The van der Waals surface area contributed by atoms with E-state index in [1.165, 1.54) is 16.5 Å². The molecule has 0 radical (unpaired) electrons. The quantitative estimate of drug-likeness (QED) is 0.680. The zero-order chi connectivity index (χ0) is 11.4. The number of benzene rings is 2. The van der Waals surface area contributed by atoms with Crippen LogP contribution in [-0.2, 0) is 0 Å². The Morgan fingerprint density at radius 3 is 1.94 bits per heavy atom. The first-order chi connectivity index (χ1) is 7.81. The first-order valence-corrected chi connectivity index (χ1v) is 5.92. The molecule has 1 heteroatoms. The van der Waals surface area contributed by atoms with Crippen molar-refractivity contribution in [3.8, 4) is 0 Å². The first kappa shape index (κ1) is 11.0. The first-order valence-electron chi connectivity index (χ1n) is 5.92. The van der Waals surface area contributed by atoms with Crippen LogP contribution in [0.4, 0.5) is 0 Å². The van der Waals surface area contributed by atoms with E-state index in [0.717, 1.165) is 6.32 Å². The third kappa shape index (κ3) is 2.36. The van der Waals surface area contributed by atoms with E-state index in [1.807, 2.05) is 0 Å². The molecule has 0 spiro atoms. The fourth-order valence-electron chi connectivity index (χ4n) is 2.15. The van der Waals surface area contributed by atoms with E-state index in [1.54, 1.807) is 0 Å². The highest BCUT2D eigenvalue weighted by molar-refractivity contribution is 6.85. The van der Waals surface area contributed by atoms with Gasteiger partial charge in [-0.3, -0.25) is 0 Å². The lowest BCUT2D eigenvalue weighted by atomic mass is 9.39. The summed E-state index contributed by atoms with van der Waals surface area (Å²) in [7, 11) is 0. The maximum absolute atomic E-state index is 2.25. The van der Waals surface area contributed by atoms with Crippen LogP contribution in [0.3, 0.4) is 0 Å². The molecule has 0 amide bonds. The lowest BCUT2D eigenvalue weighted by molar-refractivity contribution is 1.43. The Morgan fingerprint density at radius 2 is 1.38 bits per heavy atom. The van der Waals surface area contributed by atoms with Crippen molar-refractivity contribution >= 4 is 17.6 Å². The lowest BCUT2D eigenvalue weighted by Crippen LogP contribution is -2.41. The molecule has 0 unspecified atom stereocenters. The van der Waals surface area contributed by atoms with E-state index >= 15 is 0 Å². The van der Waals surface area contributed by atoms with Crippen molar-refractivity contribution < 1.29 is 0 Å². The Hall–Kier alpha value is -1.50. The van der Waals surface area contributed by atoms with Crippen LogP contribution in [0.2, 0.25) is 6.32 Å². The minimum atomic E-state index is 0.529. The molecule has 0 saturated carbocycles. The molecule has 0 fully saturated rings. The van der Waals surface area contributed by atoms with E-state index in [9.17, 15) is 0 Å². The monoisotopic (exact) mass is 208 g/mol. The summed E-state index contributed by atoms with van der Waals surface area (Å²) in [6, 6.07) is 19.6. The molecular formula is C15H17B. The molecule has 0 bridgehead atoms. The van der Waals surface area contributed by atoms with Crippen molar-refractivity contribution in [3.05, 3.63) is 60.2 Å². The fourth-order valence-corrected chi connectivity index (χ4v) is 2.15. The summed E-state index contributed by atoms with van der Waals surface area (Å²) in [5, 5.41) is 0. The summed E-state index contributed by atoms with van der Waals surface area (Å²) in [5.74, 6) is 0. The predicted molar refractivity (Wildman–Crippen MR) is 73.1 cm³/mol. The van der Waals surface area contributed by atoms with Gasteiger partial charge >= 0.3 is 0 Å². The maximum Gasteiger partial charge on any atom is 0.209 e. The molecule has 80 valence electrons. The Balaban J connectivity index is 2.33. The third-order valence-corrected chi connectivity index (χ3v) is 3.09. The average Bonchev–Trinajstić information content (AvgIpc) is 2.34. The van der Waals surface area contributed by atoms with Crippen LogP contribution in [-0.4, -0.2) is 6.71 Å². The van der Waals surface area contributed by atoms with Gasteiger partial charge in [0.1, 0.15) is 0 Å². The van der Waals surface area contributed by atoms with E-state index in [2.05, 4.69) is 68.4 Å². The molecule has 2 rings (SSSR count). The van der Waals surface area contributed by atoms with Crippen molar-refractivity contribution in [1.29, 1.82) is 0 Å². The molecule has 0 N–H and O–H groups in total. The van der Waals surface area contributed by atoms with Gasteiger partial charge in [0.15, 0.2) is 0 Å². The lowest BCUT2D eigenvalue weighted by Gasteiger charge is -2.12. The molecule has 0 atom stereocenters. The van der Waals surface area contributed by atoms with Gasteiger partial charge in [0.2, 0.25) is 6.71 Å². The average molecular weight is 208 g/mol. The highest BCUT2D eigenvalue weighted by Crippen LogP contribution is 1.99. The molecule has 16 heavy (non-hydrogen) atoms. The highest BCUT2D eigenvalue weighted by atomic mass is 13.9. The summed E-state index contributed by atoms with van der Waals surface area (Å²) in [4.78, 5) is 0. The summed E-state index contributed by atoms with van der Waals surface area (Å²) < 4.78 is 0. The van der Waals surface area contributed by atoms with Gasteiger partial charge in [0, 0.05) is 0 Å². The van der Waals surface area contributed by atoms with E-state index in [4.69, 9.17) is 0 Å². The zero-order valence-electron chi connectivity index (χ0n) is 9.98. The molecule has 2 aromatic carbocycles. The number of rotatable bonds is 3. The number of hydrogen-bond acceptors (Lipinski definition) is 0.